The topological polar surface area (TPSA) is 23.5 Å². The van der Waals surface area contributed by atoms with Gasteiger partial charge in [-0.05, 0) is 42.9 Å². The van der Waals surface area contributed by atoms with Gasteiger partial charge in [-0.3, -0.25) is 4.90 Å². The van der Waals surface area contributed by atoms with E-state index in [-0.39, 0.29) is 9.46 Å². The van der Waals surface area contributed by atoms with E-state index in [1.807, 2.05) is 30.3 Å². The van der Waals surface area contributed by atoms with E-state index in [2.05, 4.69) is 91.0 Å². The van der Waals surface area contributed by atoms with E-state index in [4.69, 9.17) is 0 Å². The second-order valence-electron chi connectivity index (χ2n) is 6.82. The lowest BCUT2D eigenvalue weighted by Crippen LogP contribution is -2.43. The van der Waals surface area contributed by atoms with E-state index in [9.17, 15) is 5.11 Å². The monoisotopic (exact) mass is 445 g/mol. The Morgan fingerprint density at radius 3 is 2.16 bits per heavy atom. The summed E-state index contributed by atoms with van der Waals surface area (Å²) in [5.74, 6) is -0.0726. The molecular formula is C22H24INO. The van der Waals surface area contributed by atoms with Crippen LogP contribution in [0.5, 0.6) is 0 Å². The first-order valence-corrected chi connectivity index (χ1v) is 9.58. The molecule has 2 nitrogen and oxygen atoms in total. The van der Waals surface area contributed by atoms with Crippen molar-refractivity contribution in [3.8, 4) is 0 Å². The average Bonchev–Trinajstić information content (AvgIpc) is 2.62. The van der Waals surface area contributed by atoms with Crippen LogP contribution in [0.3, 0.4) is 0 Å². The molecule has 0 aliphatic carbocycles. The lowest BCUT2D eigenvalue weighted by atomic mass is 9.81. The van der Waals surface area contributed by atoms with Gasteiger partial charge < -0.3 is 5.11 Å². The van der Waals surface area contributed by atoms with Crippen molar-refractivity contribution in [3.63, 3.8) is 0 Å². The first-order valence-electron chi connectivity index (χ1n) is 8.50. The van der Waals surface area contributed by atoms with E-state index in [1.54, 1.807) is 0 Å². The Kier molecular flexibility index (Phi) is 5.46. The molecule has 0 aromatic heterocycles. The maximum Gasteiger partial charge on any atom is 0.0884 e. The zero-order valence-corrected chi connectivity index (χ0v) is 17.0. The number of benzene rings is 3. The fourth-order valence-corrected chi connectivity index (χ4v) is 4.06. The van der Waals surface area contributed by atoms with Crippen molar-refractivity contribution in [1.29, 1.82) is 0 Å². The minimum absolute atomic E-state index is 0.0726. The number of aliphatic hydroxyl groups is 1. The highest BCUT2D eigenvalue weighted by atomic mass is 127. The zero-order valence-electron chi connectivity index (χ0n) is 14.9. The predicted molar refractivity (Wildman–Crippen MR) is 114 cm³/mol. The highest BCUT2D eigenvalue weighted by molar-refractivity contribution is 14.1. The van der Waals surface area contributed by atoms with Crippen LogP contribution in [0.4, 0.5) is 0 Å². The average molecular weight is 445 g/mol. The van der Waals surface area contributed by atoms with Crippen LogP contribution < -0.4 is 0 Å². The van der Waals surface area contributed by atoms with Crippen LogP contribution in [-0.4, -0.2) is 27.6 Å². The summed E-state index contributed by atoms with van der Waals surface area (Å²) >= 11 is 2.47. The lowest BCUT2D eigenvalue weighted by Gasteiger charge is -2.41. The summed E-state index contributed by atoms with van der Waals surface area (Å²) in [7, 11) is 4.14. The van der Waals surface area contributed by atoms with E-state index in [0.717, 1.165) is 5.56 Å². The number of nitrogens with zero attached hydrogens (tertiary/aromatic N) is 1. The summed E-state index contributed by atoms with van der Waals surface area (Å²) in [5, 5.41) is 13.8. The molecule has 130 valence electrons. The maximum absolute atomic E-state index is 11.3. The van der Waals surface area contributed by atoms with Gasteiger partial charge in [-0.1, -0.05) is 95.4 Å². The third kappa shape index (κ3) is 3.59. The van der Waals surface area contributed by atoms with Crippen LogP contribution >= 0.6 is 22.6 Å². The zero-order chi connectivity index (χ0) is 18.0. The second kappa shape index (κ2) is 7.44. The SMILES string of the molecule is CN(C)C(C)(I)C(c1cccc2ccccc12)C(O)c1ccccc1. The third-order valence-electron chi connectivity index (χ3n) is 5.06. The van der Waals surface area contributed by atoms with Crippen LogP contribution in [0, 0.1) is 0 Å². The fraction of sp³-hybridized carbons (Fsp3) is 0.273. The van der Waals surface area contributed by atoms with Gasteiger partial charge in [0.1, 0.15) is 0 Å². The number of likely N-dealkylation sites (N-methyl/N-ethyl adjacent to an activating group) is 1. The first kappa shape index (κ1) is 18.4. The van der Waals surface area contributed by atoms with Gasteiger partial charge in [0, 0.05) is 5.92 Å². The van der Waals surface area contributed by atoms with E-state index in [0.29, 0.717) is 0 Å². The minimum Gasteiger partial charge on any atom is -0.388 e. The van der Waals surface area contributed by atoms with Crippen molar-refractivity contribution in [3.05, 3.63) is 83.9 Å². The summed E-state index contributed by atoms with van der Waals surface area (Å²) in [6, 6.07) is 24.7. The standard InChI is InChI=1S/C22H24INO/c1-22(23,24(2)3)20(21(25)17-11-5-4-6-12-17)19-15-9-13-16-10-7-8-14-18(16)19/h4-15,20-21,25H,1-3H3. The summed E-state index contributed by atoms with van der Waals surface area (Å²) in [5.41, 5.74) is 2.13. The molecule has 3 aromatic carbocycles. The first-order chi connectivity index (χ1) is 11.9. The van der Waals surface area contributed by atoms with Gasteiger partial charge in [0.05, 0.1) is 9.65 Å². The lowest BCUT2D eigenvalue weighted by molar-refractivity contribution is 0.0953. The third-order valence-corrected chi connectivity index (χ3v) is 6.69. The van der Waals surface area contributed by atoms with Crippen LogP contribution in [0.15, 0.2) is 72.8 Å². The number of aliphatic hydroxyl groups excluding tert-OH is 1. The molecule has 0 aliphatic rings. The highest BCUT2D eigenvalue weighted by Gasteiger charge is 2.40. The molecule has 0 amide bonds. The Labute approximate surface area is 163 Å². The van der Waals surface area contributed by atoms with Crippen molar-refractivity contribution in [2.24, 2.45) is 0 Å². The van der Waals surface area contributed by atoms with Gasteiger partial charge in [0.25, 0.3) is 0 Å². The Hall–Kier alpha value is -1.43. The van der Waals surface area contributed by atoms with Crippen LogP contribution in [-0.2, 0) is 0 Å². The van der Waals surface area contributed by atoms with Crippen molar-refractivity contribution in [1.82, 2.24) is 4.90 Å². The second-order valence-corrected chi connectivity index (χ2v) is 9.00. The van der Waals surface area contributed by atoms with Crippen molar-refractivity contribution >= 4 is 33.4 Å². The van der Waals surface area contributed by atoms with Crippen LogP contribution in [0.1, 0.15) is 30.1 Å². The Morgan fingerprint density at radius 2 is 1.48 bits per heavy atom. The largest absolute Gasteiger partial charge is 0.388 e. The molecule has 0 saturated carbocycles. The predicted octanol–water partition coefficient (Wildman–Crippen LogP) is 5.37. The van der Waals surface area contributed by atoms with Crippen molar-refractivity contribution in [2.75, 3.05) is 14.1 Å². The molecule has 25 heavy (non-hydrogen) atoms. The summed E-state index contributed by atoms with van der Waals surface area (Å²) in [6.45, 7) is 2.19. The molecule has 1 N–H and O–H groups in total. The number of fused-ring (bicyclic) bond motifs is 1. The number of alkyl halides is 1. The molecule has 0 aliphatic heterocycles. The summed E-state index contributed by atoms with van der Waals surface area (Å²) < 4.78 is -0.253. The van der Waals surface area contributed by atoms with E-state index < -0.39 is 6.10 Å². The van der Waals surface area contributed by atoms with Gasteiger partial charge in [-0.15, -0.1) is 0 Å². The summed E-state index contributed by atoms with van der Waals surface area (Å²) in [6.07, 6.45) is -0.587. The van der Waals surface area contributed by atoms with Crippen LogP contribution in [0.25, 0.3) is 10.8 Å². The van der Waals surface area contributed by atoms with Gasteiger partial charge >= 0.3 is 0 Å². The molecule has 3 unspecified atom stereocenters. The highest BCUT2D eigenvalue weighted by Crippen LogP contribution is 2.47. The molecule has 0 saturated heterocycles. The molecule has 3 atom stereocenters. The molecule has 3 aromatic rings. The van der Waals surface area contributed by atoms with Gasteiger partial charge in [0.15, 0.2) is 0 Å². The molecule has 0 heterocycles. The number of halogens is 1. The minimum atomic E-state index is -0.587. The maximum atomic E-state index is 11.3. The molecule has 0 bridgehead atoms. The normalized spacial score (nSPS) is 16.6. The summed E-state index contributed by atoms with van der Waals surface area (Å²) in [4.78, 5) is 2.19. The van der Waals surface area contributed by atoms with E-state index >= 15 is 0 Å². The molecule has 0 radical (unpaired) electrons. The van der Waals surface area contributed by atoms with Gasteiger partial charge in [-0.2, -0.15) is 0 Å². The van der Waals surface area contributed by atoms with Crippen molar-refractivity contribution < 1.29 is 5.11 Å². The molecule has 3 heteroatoms. The van der Waals surface area contributed by atoms with Gasteiger partial charge in [0.2, 0.25) is 0 Å². The van der Waals surface area contributed by atoms with Crippen LogP contribution in [0.2, 0.25) is 0 Å². The molecule has 0 fully saturated rings. The Balaban J connectivity index is 2.21. The van der Waals surface area contributed by atoms with E-state index in [1.165, 1.54) is 16.3 Å². The van der Waals surface area contributed by atoms with Crippen molar-refractivity contribution in [2.45, 2.75) is 22.5 Å². The molecular weight excluding hydrogens is 421 g/mol. The Morgan fingerprint density at radius 1 is 0.880 bits per heavy atom. The number of hydrogen-bond acceptors (Lipinski definition) is 2. The number of hydrogen-bond donors (Lipinski definition) is 1. The van der Waals surface area contributed by atoms with Gasteiger partial charge in [-0.25, -0.2) is 0 Å². The number of rotatable bonds is 5. The molecule has 0 spiro atoms. The quantitative estimate of drug-likeness (QED) is 0.324. The smallest absolute Gasteiger partial charge is 0.0884 e. The fourth-order valence-electron chi connectivity index (χ4n) is 3.38. The Bertz CT molecular complexity index is 840. The molecule has 3 rings (SSSR count).